The van der Waals surface area contributed by atoms with Gasteiger partial charge in [-0.1, -0.05) is 33.3 Å². The summed E-state index contributed by atoms with van der Waals surface area (Å²) in [4.78, 5) is 12.3. The standard InChI is InChI=1S/C18H16BrN3O3S/c1-2-24-15-5-3-4-12(10-15)17(23)20-18-22-21-16(26-18)11-25-14-8-6-13(19)7-9-14/h3-10H,2,11H2,1H3,(H,20,22,23). The number of carbonyl (C=O) groups excluding carboxylic acids is 1. The van der Waals surface area contributed by atoms with Gasteiger partial charge in [0, 0.05) is 10.0 Å². The van der Waals surface area contributed by atoms with Crippen LogP contribution in [0.2, 0.25) is 0 Å². The number of hydrogen-bond donors (Lipinski definition) is 1. The first-order valence-electron chi connectivity index (χ1n) is 7.89. The molecule has 26 heavy (non-hydrogen) atoms. The van der Waals surface area contributed by atoms with E-state index in [4.69, 9.17) is 9.47 Å². The zero-order chi connectivity index (χ0) is 18.4. The predicted octanol–water partition coefficient (Wildman–Crippen LogP) is 4.53. The third-order valence-corrected chi connectivity index (χ3v) is 4.61. The summed E-state index contributed by atoms with van der Waals surface area (Å²) in [7, 11) is 0. The van der Waals surface area contributed by atoms with Crippen molar-refractivity contribution in [3.63, 3.8) is 0 Å². The SMILES string of the molecule is CCOc1cccc(C(=O)Nc2nnc(COc3ccc(Br)cc3)s2)c1. The van der Waals surface area contributed by atoms with Crippen molar-refractivity contribution in [2.75, 3.05) is 11.9 Å². The van der Waals surface area contributed by atoms with Crippen LogP contribution in [0.25, 0.3) is 0 Å². The maximum Gasteiger partial charge on any atom is 0.257 e. The van der Waals surface area contributed by atoms with Gasteiger partial charge in [-0.15, -0.1) is 10.2 Å². The lowest BCUT2D eigenvalue weighted by atomic mass is 10.2. The summed E-state index contributed by atoms with van der Waals surface area (Å²) in [6, 6.07) is 14.5. The summed E-state index contributed by atoms with van der Waals surface area (Å²) in [5.41, 5.74) is 0.499. The quantitative estimate of drug-likeness (QED) is 0.592. The smallest absolute Gasteiger partial charge is 0.257 e. The lowest BCUT2D eigenvalue weighted by molar-refractivity contribution is 0.102. The molecule has 1 aromatic heterocycles. The fraction of sp³-hybridized carbons (Fsp3) is 0.167. The molecule has 0 saturated heterocycles. The molecule has 0 aliphatic heterocycles. The van der Waals surface area contributed by atoms with Crippen LogP contribution in [0.15, 0.2) is 53.0 Å². The summed E-state index contributed by atoms with van der Waals surface area (Å²) >= 11 is 4.65. The van der Waals surface area contributed by atoms with Crippen molar-refractivity contribution in [1.29, 1.82) is 0 Å². The molecule has 1 N–H and O–H groups in total. The molecule has 0 bridgehead atoms. The molecule has 3 aromatic rings. The summed E-state index contributed by atoms with van der Waals surface area (Å²) < 4.78 is 12.0. The number of nitrogens with zero attached hydrogens (tertiary/aromatic N) is 2. The minimum Gasteiger partial charge on any atom is -0.494 e. The highest BCUT2D eigenvalue weighted by Gasteiger charge is 2.11. The Morgan fingerprint density at radius 1 is 1.12 bits per heavy atom. The van der Waals surface area contributed by atoms with Crippen molar-refractivity contribution in [1.82, 2.24) is 10.2 Å². The third kappa shape index (κ3) is 5.03. The number of rotatable bonds is 7. The molecule has 0 aliphatic carbocycles. The molecule has 0 fully saturated rings. The first-order chi connectivity index (χ1) is 12.6. The number of amides is 1. The van der Waals surface area contributed by atoms with E-state index in [9.17, 15) is 4.79 Å². The van der Waals surface area contributed by atoms with Crippen LogP contribution in [-0.2, 0) is 6.61 Å². The monoisotopic (exact) mass is 433 g/mol. The molecule has 0 saturated carbocycles. The number of carbonyl (C=O) groups is 1. The highest BCUT2D eigenvalue weighted by atomic mass is 79.9. The van der Waals surface area contributed by atoms with Crippen molar-refractivity contribution in [3.8, 4) is 11.5 Å². The van der Waals surface area contributed by atoms with Crippen molar-refractivity contribution in [3.05, 3.63) is 63.6 Å². The van der Waals surface area contributed by atoms with Gasteiger partial charge in [-0.3, -0.25) is 10.1 Å². The molecule has 8 heteroatoms. The summed E-state index contributed by atoms with van der Waals surface area (Å²) in [6.45, 7) is 2.73. The fourth-order valence-corrected chi connectivity index (χ4v) is 3.01. The minimum absolute atomic E-state index is 0.261. The van der Waals surface area contributed by atoms with Crippen molar-refractivity contribution >= 4 is 38.3 Å². The first kappa shape index (κ1) is 18.3. The van der Waals surface area contributed by atoms with E-state index in [0.29, 0.717) is 28.1 Å². The third-order valence-electron chi connectivity index (χ3n) is 3.27. The minimum atomic E-state index is -0.261. The van der Waals surface area contributed by atoms with Gasteiger partial charge < -0.3 is 9.47 Å². The van der Waals surface area contributed by atoms with Crippen LogP contribution < -0.4 is 14.8 Å². The molecule has 0 unspecified atom stereocenters. The molecule has 6 nitrogen and oxygen atoms in total. The predicted molar refractivity (Wildman–Crippen MR) is 104 cm³/mol. The van der Waals surface area contributed by atoms with E-state index in [0.717, 1.165) is 10.2 Å². The van der Waals surface area contributed by atoms with Gasteiger partial charge in [0.25, 0.3) is 5.91 Å². The molecule has 0 aliphatic rings. The summed E-state index contributed by atoms with van der Waals surface area (Å²) in [5.74, 6) is 1.13. The Morgan fingerprint density at radius 2 is 1.92 bits per heavy atom. The average molecular weight is 434 g/mol. The van der Waals surface area contributed by atoms with Gasteiger partial charge >= 0.3 is 0 Å². The number of aromatic nitrogens is 2. The number of anilines is 1. The Labute approximate surface area is 163 Å². The van der Waals surface area contributed by atoms with E-state index in [1.807, 2.05) is 37.3 Å². The Bertz CT molecular complexity index is 883. The van der Waals surface area contributed by atoms with Crippen LogP contribution in [0.1, 0.15) is 22.3 Å². The second-order valence-electron chi connectivity index (χ2n) is 5.16. The molecule has 134 valence electrons. The highest BCUT2D eigenvalue weighted by molar-refractivity contribution is 9.10. The Kier molecular flexibility index (Phi) is 6.19. The normalized spacial score (nSPS) is 10.4. The van der Waals surface area contributed by atoms with Gasteiger partial charge in [0.15, 0.2) is 5.01 Å². The van der Waals surface area contributed by atoms with Crippen LogP contribution >= 0.6 is 27.3 Å². The molecular weight excluding hydrogens is 418 g/mol. The lowest BCUT2D eigenvalue weighted by Gasteiger charge is -2.05. The van der Waals surface area contributed by atoms with Gasteiger partial charge in [0.1, 0.15) is 18.1 Å². The summed E-state index contributed by atoms with van der Waals surface area (Å²) in [5, 5.41) is 11.9. The zero-order valence-corrected chi connectivity index (χ0v) is 16.3. The van der Waals surface area contributed by atoms with E-state index >= 15 is 0 Å². The molecule has 1 amide bonds. The van der Waals surface area contributed by atoms with Crippen LogP contribution in [0.5, 0.6) is 11.5 Å². The second-order valence-corrected chi connectivity index (χ2v) is 7.14. The summed E-state index contributed by atoms with van der Waals surface area (Å²) in [6.07, 6.45) is 0. The van der Waals surface area contributed by atoms with Gasteiger partial charge in [0.05, 0.1) is 6.61 Å². The highest BCUT2D eigenvalue weighted by Crippen LogP contribution is 2.21. The first-order valence-corrected chi connectivity index (χ1v) is 9.50. The second kappa shape index (κ2) is 8.77. The molecule has 3 rings (SSSR count). The number of nitrogens with one attached hydrogen (secondary N) is 1. The fourth-order valence-electron chi connectivity index (χ4n) is 2.10. The largest absolute Gasteiger partial charge is 0.494 e. The van der Waals surface area contributed by atoms with Crippen molar-refractivity contribution in [2.45, 2.75) is 13.5 Å². The average Bonchev–Trinajstić information content (AvgIpc) is 3.09. The number of benzene rings is 2. The number of ether oxygens (including phenoxy) is 2. The van der Waals surface area contributed by atoms with Crippen LogP contribution in [0.4, 0.5) is 5.13 Å². The van der Waals surface area contributed by atoms with Crippen molar-refractivity contribution < 1.29 is 14.3 Å². The molecule has 0 spiro atoms. The Balaban J connectivity index is 1.58. The number of halogens is 1. The Morgan fingerprint density at radius 3 is 2.69 bits per heavy atom. The molecule has 2 aromatic carbocycles. The van der Waals surface area contributed by atoms with Gasteiger partial charge in [-0.2, -0.15) is 0 Å². The van der Waals surface area contributed by atoms with Crippen LogP contribution in [0, 0.1) is 0 Å². The topological polar surface area (TPSA) is 73.3 Å². The van der Waals surface area contributed by atoms with Gasteiger partial charge in [-0.05, 0) is 49.4 Å². The maximum atomic E-state index is 12.3. The molecule has 0 radical (unpaired) electrons. The van der Waals surface area contributed by atoms with Crippen LogP contribution in [-0.4, -0.2) is 22.7 Å². The van der Waals surface area contributed by atoms with E-state index in [2.05, 4.69) is 31.4 Å². The van der Waals surface area contributed by atoms with Gasteiger partial charge in [0.2, 0.25) is 5.13 Å². The van der Waals surface area contributed by atoms with E-state index in [1.165, 1.54) is 11.3 Å². The van der Waals surface area contributed by atoms with Crippen LogP contribution in [0.3, 0.4) is 0 Å². The van der Waals surface area contributed by atoms with E-state index in [1.54, 1.807) is 18.2 Å². The molecular formula is C18H16BrN3O3S. The molecule has 0 atom stereocenters. The maximum absolute atomic E-state index is 12.3. The Hall–Kier alpha value is -2.45. The van der Waals surface area contributed by atoms with E-state index < -0.39 is 0 Å². The lowest BCUT2D eigenvalue weighted by Crippen LogP contribution is -2.11. The molecule has 1 heterocycles. The van der Waals surface area contributed by atoms with Gasteiger partial charge in [-0.25, -0.2) is 0 Å². The number of hydrogen-bond acceptors (Lipinski definition) is 6. The van der Waals surface area contributed by atoms with Crippen molar-refractivity contribution in [2.24, 2.45) is 0 Å². The van der Waals surface area contributed by atoms with E-state index in [-0.39, 0.29) is 12.5 Å². The zero-order valence-electron chi connectivity index (χ0n) is 13.9.